The Morgan fingerprint density at radius 2 is 1.76 bits per heavy atom. The van der Waals surface area contributed by atoms with Crippen molar-refractivity contribution in [3.05, 3.63) is 76.7 Å². The van der Waals surface area contributed by atoms with E-state index < -0.39 is 0 Å². The topological polar surface area (TPSA) is 68.5 Å². The molecule has 2 aromatic heterocycles. The monoisotopic (exact) mass is 459 g/mol. The number of benzene rings is 2. The number of amides is 1. The molecule has 1 fully saturated rings. The van der Waals surface area contributed by atoms with Gasteiger partial charge in [-0.05, 0) is 74.4 Å². The summed E-state index contributed by atoms with van der Waals surface area (Å²) in [6, 6.07) is 13.9. The lowest BCUT2D eigenvalue weighted by Gasteiger charge is -2.32. The summed E-state index contributed by atoms with van der Waals surface area (Å²) in [6.45, 7) is 7.14. The maximum atomic E-state index is 13.6. The first kappa shape index (κ1) is 22.1. The fourth-order valence-corrected chi connectivity index (χ4v) is 4.36. The number of aromatic nitrogens is 2. The summed E-state index contributed by atoms with van der Waals surface area (Å²) < 4.78 is 25.0. The van der Waals surface area contributed by atoms with Gasteiger partial charge in [0.25, 0.3) is 11.6 Å². The predicted molar refractivity (Wildman–Crippen MR) is 127 cm³/mol. The van der Waals surface area contributed by atoms with E-state index in [9.17, 15) is 9.18 Å². The molecule has 1 saturated heterocycles. The van der Waals surface area contributed by atoms with Crippen LogP contribution in [0.4, 0.5) is 4.39 Å². The van der Waals surface area contributed by atoms with Crippen LogP contribution in [0.25, 0.3) is 22.4 Å². The molecule has 5 rings (SSSR count). The van der Waals surface area contributed by atoms with Crippen molar-refractivity contribution in [2.75, 3.05) is 13.1 Å². The fraction of sp³-hybridized carbons (Fsp3) is 0.296. The van der Waals surface area contributed by atoms with E-state index in [1.54, 1.807) is 25.1 Å². The van der Waals surface area contributed by atoms with Gasteiger partial charge in [0.15, 0.2) is 0 Å². The lowest BCUT2D eigenvalue weighted by molar-refractivity contribution is 0.0597. The van der Waals surface area contributed by atoms with E-state index in [4.69, 9.17) is 9.26 Å². The highest BCUT2D eigenvalue weighted by Gasteiger charge is 2.28. The Kier molecular flexibility index (Phi) is 5.77. The van der Waals surface area contributed by atoms with Crippen LogP contribution in [0.3, 0.4) is 0 Å². The molecule has 2 aromatic carbocycles. The Bertz CT molecular complexity index is 1360. The first-order valence-corrected chi connectivity index (χ1v) is 11.4. The van der Waals surface area contributed by atoms with Gasteiger partial charge < -0.3 is 14.2 Å². The minimum absolute atomic E-state index is 0.0655. The molecule has 0 saturated carbocycles. The third-order valence-electron chi connectivity index (χ3n) is 6.50. The zero-order chi connectivity index (χ0) is 23.8. The highest BCUT2D eigenvalue weighted by molar-refractivity contribution is 6.07. The van der Waals surface area contributed by atoms with Gasteiger partial charge in [-0.25, -0.2) is 9.37 Å². The van der Waals surface area contributed by atoms with Gasteiger partial charge in [0.2, 0.25) is 0 Å². The standard InChI is InChI=1S/C27H26FN3O3/c1-16-4-9-22(14-17(16)2)33-21-10-12-31(13-11-21)27(32)23-15-24(19-5-7-20(28)8-6-19)29-26-25(23)18(3)30-34-26/h4-9,14-15,21H,10-13H2,1-3H3. The van der Waals surface area contributed by atoms with Crippen molar-refractivity contribution in [3.8, 4) is 17.0 Å². The number of pyridine rings is 1. The van der Waals surface area contributed by atoms with Gasteiger partial charge in [-0.3, -0.25) is 4.79 Å². The van der Waals surface area contributed by atoms with Gasteiger partial charge in [0.05, 0.1) is 22.3 Å². The third kappa shape index (κ3) is 4.25. The van der Waals surface area contributed by atoms with Crippen LogP contribution in [0.2, 0.25) is 0 Å². The molecule has 1 aliphatic rings. The molecule has 7 heteroatoms. The fourth-order valence-electron chi connectivity index (χ4n) is 4.36. The quantitative estimate of drug-likeness (QED) is 0.395. The predicted octanol–water partition coefficient (Wildman–Crippen LogP) is 5.64. The van der Waals surface area contributed by atoms with Crippen molar-refractivity contribution >= 4 is 17.0 Å². The summed E-state index contributed by atoms with van der Waals surface area (Å²) in [5.41, 5.74) is 5.09. The number of hydrogen-bond acceptors (Lipinski definition) is 5. The zero-order valence-electron chi connectivity index (χ0n) is 19.5. The minimum atomic E-state index is -0.331. The number of fused-ring (bicyclic) bond motifs is 1. The molecule has 1 amide bonds. The summed E-state index contributed by atoms with van der Waals surface area (Å²) in [6.07, 6.45) is 1.57. The second-order valence-electron chi connectivity index (χ2n) is 8.87. The number of nitrogens with zero attached hydrogens (tertiary/aromatic N) is 3. The van der Waals surface area contributed by atoms with Crippen LogP contribution in [0, 0.1) is 26.6 Å². The Morgan fingerprint density at radius 3 is 2.47 bits per heavy atom. The first-order valence-electron chi connectivity index (χ1n) is 11.4. The lowest BCUT2D eigenvalue weighted by atomic mass is 10.0. The van der Waals surface area contributed by atoms with Gasteiger partial charge in [0.1, 0.15) is 17.7 Å². The summed E-state index contributed by atoms with van der Waals surface area (Å²) in [7, 11) is 0. The normalized spacial score (nSPS) is 14.5. The largest absolute Gasteiger partial charge is 0.490 e. The van der Waals surface area contributed by atoms with Crippen LogP contribution >= 0.6 is 0 Å². The van der Waals surface area contributed by atoms with Gasteiger partial charge in [0, 0.05) is 31.5 Å². The van der Waals surface area contributed by atoms with Crippen LogP contribution in [-0.4, -0.2) is 40.1 Å². The van der Waals surface area contributed by atoms with E-state index in [-0.39, 0.29) is 17.8 Å². The number of piperidine rings is 1. The summed E-state index contributed by atoms with van der Waals surface area (Å²) in [5.74, 6) is 0.446. The Balaban J connectivity index is 1.36. The van der Waals surface area contributed by atoms with Crippen LogP contribution in [0.15, 0.2) is 53.1 Å². The average molecular weight is 460 g/mol. The molecule has 34 heavy (non-hydrogen) atoms. The smallest absolute Gasteiger partial charge is 0.259 e. The van der Waals surface area contributed by atoms with Gasteiger partial charge in [-0.2, -0.15) is 0 Å². The number of halogens is 1. The van der Waals surface area contributed by atoms with Crippen molar-refractivity contribution in [1.29, 1.82) is 0 Å². The van der Waals surface area contributed by atoms with Gasteiger partial charge in [-0.15, -0.1) is 0 Å². The molecular formula is C27H26FN3O3. The zero-order valence-corrected chi connectivity index (χ0v) is 19.5. The van der Waals surface area contributed by atoms with Crippen molar-refractivity contribution in [3.63, 3.8) is 0 Å². The van der Waals surface area contributed by atoms with Crippen molar-refractivity contribution in [2.45, 2.75) is 39.7 Å². The Labute approximate surface area is 197 Å². The molecule has 4 aromatic rings. The molecule has 0 radical (unpaired) electrons. The van der Waals surface area contributed by atoms with Crippen molar-refractivity contribution in [1.82, 2.24) is 15.0 Å². The summed E-state index contributed by atoms with van der Waals surface area (Å²) in [5, 5.41) is 4.63. The van der Waals surface area contributed by atoms with Crippen molar-refractivity contribution < 1.29 is 18.4 Å². The molecule has 0 atom stereocenters. The molecule has 0 spiro atoms. The second-order valence-corrected chi connectivity index (χ2v) is 8.87. The van der Waals surface area contributed by atoms with Crippen molar-refractivity contribution in [2.24, 2.45) is 0 Å². The maximum Gasteiger partial charge on any atom is 0.259 e. The Morgan fingerprint density at radius 1 is 1.03 bits per heavy atom. The molecule has 0 N–H and O–H groups in total. The summed E-state index contributed by atoms with van der Waals surface area (Å²) in [4.78, 5) is 19.9. The van der Waals surface area contributed by atoms with E-state index in [2.05, 4.69) is 36.1 Å². The van der Waals surface area contributed by atoms with E-state index in [0.29, 0.717) is 46.7 Å². The van der Waals surface area contributed by atoms with Crippen LogP contribution in [0.5, 0.6) is 5.75 Å². The number of carbonyl (C=O) groups is 1. The number of ether oxygens (including phenoxy) is 1. The van der Waals surface area contributed by atoms with Crippen LogP contribution in [0.1, 0.15) is 40.0 Å². The highest BCUT2D eigenvalue weighted by atomic mass is 19.1. The van der Waals surface area contributed by atoms with Crippen LogP contribution < -0.4 is 4.74 Å². The van der Waals surface area contributed by atoms with Gasteiger partial charge >= 0.3 is 0 Å². The third-order valence-corrected chi connectivity index (χ3v) is 6.50. The van der Waals surface area contributed by atoms with E-state index in [0.717, 1.165) is 18.6 Å². The van der Waals surface area contributed by atoms with Crippen LogP contribution in [-0.2, 0) is 0 Å². The molecule has 174 valence electrons. The lowest BCUT2D eigenvalue weighted by Crippen LogP contribution is -2.41. The molecular weight excluding hydrogens is 433 g/mol. The molecule has 0 aliphatic carbocycles. The number of hydrogen-bond donors (Lipinski definition) is 0. The number of likely N-dealkylation sites (tertiary alicyclic amines) is 1. The van der Waals surface area contributed by atoms with Gasteiger partial charge in [-0.1, -0.05) is 11.2 Å². The molecule has 0 bridgehead atoms. The van der Waals surface area contributed by atoms with E-state index >= 15 is 0 Å². The number of rotatable bonds is 4. The molecule has 1 aliphatic heterocycles. The Hall–Kier alpha value is -3.74. The van der Waals surface area contributed by atoms with E-state index in [1.807, 2.05) is 11.0 Å². The second kappa shape index (κ2) is 8.89. The first-order chi connectivity index (χ1) is 16.4. The maximum absolute atomic E-state index is 13.6. The average Bonchev–Trinajstić information content (AvgIpc) is 3.22. The molecule has 0 unspecified atom stereocenters. The number of carbonyl (C=O) groups excluding carboxylic acids is 1. The van der Waals surface area contributed by atoms with E-state index in [1.165, 1.54) is 23.3 Å². The molecule has 3 heterocycles. The SMILES string of the molecule is Cc1ccc(OC2CCN(C(=O)c3cc(-c4ccc(F)cc4)nc4onc(C)c34)CC2)cc1C. The minimum Gasteiger partial charge on any atom is -0.490 e. The highest BCUT2D eigenvalue weighted by Crippen LogP contribution is 2.29. The number of aryl methyl sites for hydroxylation is 3. The molecule has 6 nitrogen and oxygen atoms in total. The summed E-state index contributed by atoms with van der Waals surface area (Å²) >= 11 is 0.